The van der Waals surface area contributed by atoms with Gasteiger partial charge in [-0.05, 0) is 12.1 Å². The molecule has 0 aliphatic rings. The first-order valence-electron chi connectivity index (χ1n) is 5.77. The minimum absolute atomic E-state index is 0.00339. The lowest BCUT2D eigenvalue weighted by Gasteiger charge is -2.07. The first-order chi connectivity index (χ1) is 9.41. The molecule has 0 aliphatic carbocycles. The highest BCUT2D eigenvalue weighted by Gasteiger charge is 2.10. The fourth-order valence-corrected chi connectivity index (χ4v) is 3.67. The number of primary amides is 1. The largest absolute Gasteiger partial charge is 0.448 e. The molecule has 0 heterocycles. The van der Waals surface area contributed by atoms with E-state index in [9.17, 15) is 13.2 Å². The van der Waals surface area contributed by atoms with Gasteiger partial charge in [-0.25, -0.2) is 17.9 Å². The molecule has 0 bridgehead atoms. The van der Waals surface area contributed by atoms with Crippen molar-refractivity contribution in [1.29, 1.82) is 0 Å². The van der Waals surface area contributed by atoms with E-state index in [1.165, 1.54) is 11.8 Å². The van der Waals surface area contributed by atoms with E-state index in [0.29, 0.717) is 11.4 Å². The zero-order valence-corrected chi connectivity index (χ0v) is 12.4. The van der Waals surface area contributed by atoms with Crippen LogP contribution >= 0.6 is 11.8 Å². The molecule has 112 valence electrons. The first-order valence-corrected chi connectivity index (χ1v) is 8.41. The molecule has 5 N–H and O–H groups in total. The highest BCUT2D eigenvalue weighted by Crippen LogP contribution is 2.24. The number of anilines is 1. The number of nitrogen functional groups attached to an aromatic ring is 1. The van der Waals surface area contributed by atoms with Crippen LogP contribution in [0.2, 0.25) is 0 Å². The van der Waals surface area contributed by atoms with Gasteiger partial charge in [0.15, 0.2) is 0 Å². The van der Waals surface area contributed by atoms with Gasteiger partial charge >= 0.3 is 6.09 Å². The SMILES string of the molecule is NC(=O)OCCNS(=O)(=O)CCSc1ccccc1N. The number of hydrogen-bond acceptors (Lipinski definition) is 6. The van der Waals surface area contributed by atoms with E-state index in [4.69, 9.17) is 11.5 Å². The summed E-state index contributed by atoms with van der Waals surface area (Å²) in [6, 6.07) is 7.25. The van der Waals surface area contributed by atoms with Gasteiger partial charge in [0.1, 0.15) is 6.61 Å². The molecule has 9 heteroatoms. The molecule has 1 amide bonds. The average molecular weight is 319 g/mol. The summed E-state index contributed by atoms with van der Waals surface area (Å²) < 4.78 is 30.0. The number of benzene rings is 1. The summed E-state index contributed by atoms with van der Waals surface area (Å²) in [5.74, 6) is 0.322. The molecule has 1 aromatic carbocycles. The van der Waals surface area contributed by atoms with Crippen molar-refractivity contribution in [2.24, 2.45) is 5.73 Å². The summed E-state index contributed by atoms with van der Waals surface area (Å²) in [4.78, 5) is 11.1. The van der Waals surface area contributed by atoms with Gasteiger partial charge in [0.05, 0.1) is 5.75 Å². The Morgan fingerprint density at radius 3 is 2.70 bits per heavy atom. The van der Waals surface area contributed by atoms with E-state index in [2.05, 4.69) is 9.46 Å². The van der Waals surface area contributed by atoms with Crippen molar-refractivity contribution in [3.8, 4) is 0 Å². The second kappa shape index (κ2) is 7.98. The van der Waals surface area contributed by atoms with Crippen LogP contribution in [0.4, 0.5) is 10.5 Å². The second-order valence-corrected chi connectivity index (χ2v) is 6.83. The lowest BCUT2D eigenvalue weighted by atomic mass is 10.3. The fourth-order valence-electron chi connectivity index (χ4n) is 1.29. The zero-order chi connectivity index (χ0) is 15.0. The number of nitrogens with two attached hydrogens (primary N) is 2. The van der Waals surface area contributed by atoms with Crippen LogP contribution in [-0.2, 0) is 14.8 Å². The predicted octanol–water partition coefficient (Wildman–Crippen LogP) is 0.376. The normalized spacial score (nSPS) is 11.2. The van der Waals surface area contributed by atoms with Gasteiger partial charge < -0.3 is 16.2 Å². The Bertz CT molecular complexity index is 548. The Hall–Kier alpha value is -1.45. The molecule has 0 radical (unpaired) electrons. The highest BCUT2D eigenvalue weighted by molar-refractivity contribution is 8.00. The number of hydrogen-bond donors (Lipinski definition) is 3. The number of nitrogens with one attached hydrogen (secondary N) is 1. The lowest BCUT2D eigenvalue weighted by Crippen LogP contribution is -2.31. The summed E-state index contributed by atoms with van der Waals surface area (Å²) in [7, 11) is -3.41. The van der Waals surface area contributed by atoms with Crippen molar-refractivity contribution < 1.29 is 17.9 Å². The minimum Gasteiger partial charge on any atom is -0.448 e. The van der Waals surface area contributed by atoms with Crippen molar-refractivity contribution in [3.63, 3.8) is 0 Å². The van der Waals surface area contributed by atoms with E-state index in [0.717, 1.165) is 4.90 Å². The maximum Gasteiger partial charge on any atom is 0.404 e. The number of ether oxygens (including phenoxy) is 1. The summed E-state index contributed by atoms with van der Waals surface area (Å²) >= 11 is 1.37. The van der Waals surface area contributed by atoms with Crippen molar-refractivity contribution >= 4 is 33.6 Å². The molecule has 0 fully saturated rings. The van der Waals surface area contributed by atoms with E-state index in [1.54, 1.807) is 6.07 Å². The molecule has 0 aromatic heterocycles. The maximum absolute atomic E-state index is 11.6. The molecule has 1 aromatic rings. The van der Waals surface area contributed by atoms with Gasteiger partial charge in [-0.1, -0.05) is 12.1 Å². The number of thioether (sulfide) groups is 1. The molecule has 0 unspecified atom stereocenters. The summed E-state index contributed by atoms with van der Waals surface area (Å²) in [6.07, 6.45) is -0.931. The zero-order valence-electron chi connectivity index (χ0n) is 10.7. The number of rotatable bonds is 8. The van der Waals surface area contributed by atoms with Gasteiger partial charge in [-0.3, -0.25) is 0 Å². The van der Waals surface area contributed by atoms with Crippen molar-refractivity contribution in [2.45, 2.75) is 4.90 Å². The monoisotopic (exact) mass is 319 g/mol. The van der Waals surface area contributed by atoms with Gasteiger partial charge in [-0.2, -0.15) is 0 Å². The van der Waals surface area contributed by atoms with Gasteiger partial charge in [-0.15, -0.1) is 11.8 Å². The van der Waals surface area contributed by atoms with Gasteiger partial charge in [0.2, 0.25) is 10.0 Å². The topological polar surface area (TPSA) is 125 Å². The van der Waals surface area contributed by atoms with Crippen LogP contribution in [0.25, 0.3) is 0 Å². The molecule has 1 rings (SSSR count). The average Bonchev–Trinajstić information content (AvgIpc) is 2.37. The van der Waals surface area contributed by atoms with Crippen LogP contribution in [0, 0.1) is 0 Å². The Morgan fingerprint density at radius 2 is 2.05 bits per heavy atom. The Kier molecular flexibility index (Phi) is 6.62. The van der Waals surface area contributed by atoms with Gasteiger partial charge in [0.25, 0.3) is 0 Å². The number of para-hydroxylation sites is 1. The summed E-state index contributed by atoms with van der Waals surface area (Å²) in [5.41, 5.74) is 11.1. The second-order valence-electron chi connectivity index (χ2n) is 3.77. The molecule has 0 saturated heterocycles. The number of carbonyl (C=O) groups is 1. The predicted molar refractivity (Wildman–Crippen MR) is 78.9 cm³/mol. The Labute approximate surface area is 122 Å². The third-order valence-corrected chi connectivity index (χ3v) is 4.93. The van der Waals surface area contributed by atoms with Crippen LogP contribution in [0.1, 0.15) is 0 Å². The van der Waals surface area contributed by atoms with E-state index in [1.807, 2.05) is 18.2 Å². The third kappa shape index (κ3) is 6.64. The van der Waals surface area contributed by atoms with E-state index in [-0.39, 0.29) is 18.9 Å². The molecular weight excluding hydrogens is 302 g/mol. The van der Waals surface area contributed by atoms with Gasteiger partial charge in [0, 0.05) is 22.9 Å². The van der Waals surface area contributed by atoms with E-state index < -0.39 is 16.1 Å². The van der Waals surface area contributed by atoms with Crippen molar-refractivity contribution in [1.82, 2.24) is 4.72 Å². The van der Waals surface area contributed by atoms with Crippen LogP contribution in [-0.4, -0.2) is 39.2 Å². The maximum atomic E-state index is 11.6. The number of carbonyl (C=O) groups excluding carboxylic acids is 1. The minimum atomic E-state index is -3.41. The molecule has 0 saturated carbocycles. The molecular formula is C11H17N3O4S2. The van der Waals surface area contributed by atoms with Crippen molar-refractivity contribution in [3.05, 3.63) is 24.3 Å². The fraction of sp³-hybridized carbons (Fsp3) is 0.364. The Balaban J connectivity index is 2.29. The summed E-state index contributed by atoms with van der Waals surface area (Å²) in [5, 5.41) is 0. The quantitative estimate of drug-likeness (QED) is 0.361. The Morgan fingerprint density at radius 1 is 1.35 bits per heavy atom. The van der Waals surface area contributed by atoms with Crippen LogP contribution in [0.3, 0.4) is 0 Å². The third-order valence-electron chi connectivity index (χ3n) is 2.20. The standard InChI is InChI=1S/C11H17N3O4S2/c12-9-3-1-2-4-10(9)19-7-8-20(16,17)14-5-6-18-11(13)15/h1-4,14H,5-8,12H2,(H2,13,15). The molecule has 0 spiro atoms. The van der Waals surface area contributed by atoms with Crippen LogP contribution < -0.4 is 16.2 Å². The smallest absolute Gasteiger partial charge is 0.404 e. The molecule has 0 aliphatic heterocycles. The molecule has 20 heavy (non-hydrogen) atoms. The number of amides is 1. The first kappa shape index (κ1) is 16.6. The number of sulfonamides is 1. The summed E-state index contributed by atoms with van der Waals surface area (Å²) in [6.45, 7) is -0.0866. The molecule has 0 atom stereocenters. The van der Waals surface area contributed by atoms with Crippen LogP contribution in [0.5, 0.6) is 0 Å². The van der Waals surface area contributed by atoms with Crippen LogP contribution in [0.15, 0.2) is 29.2 Å². The lowest BCUT2D eigenvalue weighted by molar-refractivity contribution is 0.159. The van der Waals surface area contributed by atoms with Crippen molar-refractivity contribution in [2.75, 3.05) is 30.4 Å². The van der Waals surface area contributed by atoms with E-state index >= 15 is 0 Å². The highest BCUT2D eigenvalue weighted by atomic mass is 32.2. The molecule has 7 nitrogen and oxygen atoms in total.